The number of nitrogens with zero attached hydrogens (tertiary/aromatic N) is 3. The Hall–Kier alpha value is -3.29. The molecule has 23 heavy (non-hydrogen) atoms. The molecule has 118 valence electrons. The van der Waals surface area contributed by atoms with Crippen LogP contribution in [0.5, 0.6) is 0 Å². The number of carbonyl (C=O) groups is 1. The molecular weight excluding hydrogens is 302 g/mol. The molecule has 2 aromatic carbocycles. The van der Waals surface area contributed by atoms with Gasteiger partial charge in [-0.1, -0.05) is 12.1 Å². The van der Waals surface area contributed by atoms with Gasteiger partial charge in [-0.05, 0) is 25.1 Å². The first-order valence-electron chi connectivity index (χ1n) is 6.59. The predicted molar refractivity (Wildman–Crippen MR) is 83.7 cm³/mol. The van der Waals surface area contributed by atoms with E-state index in [2.05, 4.69) is 0 Å². The molecule has 0 saturated carbocycles. The lowest BCUT2D eigenvalue weighted by Crippen LogP contribution is -2.27. The summed E-state index contributed by atoms with van der Waals surface area (Å²) >= 11 is 0. The monoisotopic (exact) mass is 315 g/mol. The third-order valence-corrected chi connectivity index (χ3v) is 3.38. The third-order valence-electron chi connectivity index (χ3n) is 3.38. The third kappa shape index (κ3) is 3.15. The average Bonchev–Trinajstić information content (AvgIpc) is 2.52. The van der Waals surface area contributed by atoms with Gasteiger partial charge in [0, 0.05) is 30.3 Å². The number of para-hydroxylation sites is 2. The highest BCUT2D eigenvalue weighted by atomic mass is 16.6. The first-order chi connectivity index (χ1) is 10.8. The molecule has 8 nitrogen and oxygen atoms in total. The van der Waals surface area contributed by atoms with Gasteiger partial charge in [0.15, 0.2) is 0 Å². The number of carbonyl (C=O) groups excluding carboxylic acids is 1. The number of hydrogen-bond acceptors (Lipinski definition) is 5. The van der Waals surface area contributed by atoms with Crippen LogP contribution in [-0.2, 0) is 0 Å². The standard InChI is InChI=1S/C15H13N3O5/c1-10-9-11(7-8-12(10)17(20)21)15(19)16(2)13-5-3-4-6-14(13)18(22)23/h3-9H,1-2H3. The lowest BCUT2D eigenvalue weighted by molar-refractivity contribution is -0.385. The summed E-state index contributed by atoms with van der Waals surface area (Å²) in [6, 6.07) is 9.85. The van der Waals surface area contributed by atoms with Crippen LogP contribution in [0.2, 0.25) is 0 Å². The van der Waals surface area contributed by atoms with Crippen LogP contribution in [0, 0.1) is 27.2 Å². The van der Waals surface area contributed by atoms with Gasteiger partial charge >= 0.3 is 0 Å². The summed E-state index contributed by atoms with van der Waals surface area (Å²) in [5, 5.41) is 21.9. The van der Waals surface area contributed by atoms with Gasteiger partial charge in [0.05, 0.1) is 9.85 Å². The van der Waals surface area contributed by atoms with Crippen LogP contribution in [-0.4, -0.2) is 22.8 Å². The molecule has 0 bridgehead atoms. The van der Waals surface area contributed by atoms with Crippen LogP contribution in [0.4, 0.5) is 17.1 Å². The van der Waals surface area contributed by atoms with Crippen LogP contribution >= 0.6 is 0 Å². The molecule has 2 rings (SSSR count). The zero-order chi connectivity index (χ0) is 17.1. The lowest BCUT2D eigenvalue weighted by Gasteiger charge is -2.17. The van der Waals surface area contributed by atoms with Crippen molar-refractivity contribution in [2.45, 2.75) is 6.92 Å². The molecule has 0 spiro atoms. The lowest BCUT2D eigenvalue weighted by atomic mass is 10.1. The van der Waals surface area contributed by atoms with Gasteiger partial charge in [-0.2, -0.15) is 0 Å². The number of nitro groups is 2. The number of amides is 1. The summed E-state index contributed by atoms with van der Waals surface area (Å²) in [5.74, 6) is -0.489. The van der Waals surface area contributed by atoms with E-state index in [1.807, 2.05) is 0 Å². The molecule has 0 heterocycles. The minimum atomic E-state index is -0.569. The maximum atomic E-state index is 12.5. The topological polar surface area (TPSA) is 107 Å². The van der Waals surface area contributed by atoms with Crippen molar-refractivity contribution in [1.29, 1.82) is 0 Å². The van der Waals surface area contributed by atoms with Crippen LogP contribution in [0.15, 0.2) is 42.5 Å². The van der Waals surface area contributed by atoms with Gasteiger partial charge in [0.1, 0.15) is 5.69 Å². The first-order valence-corrected chi connectivity index (χ1v) is 6.59. The quantitative estimate of drug-likeness (QED) is 0.636. The number of anilines is 1. The summed E-state index contributed by atoms with van der Waals surface area (Å²) in [5.41, 5.74) is 0.431. The van der Waals surface area contributed by atoms with Crippen molar-refractivity contribution in [2.75, 3.05) is 11.9 Å². The molecule has 2 aromatic rings. The molecule has 1 amide bonds. The average molecular weight is 315 g/mol. The first kappa shape index (κ1) is 16.1. The fourth-order valence-corrected chi connectivity index (χ4v) is 2.20. The Morgan fingerprint density at radius 3 is 2.17 bits per heavy atom. The van der Waals surface area contributed by atoms with E-state index < -0.39 is 15.8 Å². The van der Waals surface area contributed by atoms with Crippen molar-refractivity contribution in [2.24, 2.45) is 0 Å². The van der Waals surface area contributed by atoms with Crippen LogP contribution in [0.1, 0.15) is 15.9 Å². The number of aryl methyl sites for hydroxylation is 1. The molecule has 0 atom stereocenters. The van der Waals surface area contributed by atoms with Gasteiger partial charge in [-0.15, -0.1) is 0 Å². The van der Waals surface area contributed by atoms with Crippen molar-refractivity contribution in [3.63, 3.8) is 0 Å². The van der Waals surface area contributed by atoms with E-state index >= 15 is 0 Å². The highest BCUT2D eigenvalue weighted by Gasteiger charge is 2.23. The number of hydrogen-bond donors (Lipinski definition) is 0. The van der Waals surface area contributed by atoms with Gasteiger partial charge in [0.25, 0.3) is 17.3 Å². The van der Waals surface area contributed by atoms with Gasteiger partial charge < -0.3 is 4.90 Å². The van der Waals surface area contributed by atoms with Crippen molar-refractivity contribution < 1.29 is 14.6 Å². The molecule has 0 N–H and O–H groups in total. The summed E-state index contributed by atoms with van der Waals surface area (Å²) in [4.78, 5) is 34.4. The number of benzene rings is 2. The molecule has 0 aliphatic carbocycles. The minimum Gasteiger partial charge on any atom is -0.305 e. The summed E-state index contributed by atoms with van der Waals surface area (Å²) in [6.07, 6.45) is 0. The Morgan fingerprint density at radius 1 is 1.00 bits per heavy atom. The highest BCUT2D eigenvalue weighted by Crippen LogP contribution is 2.28. The molecule has 8 heteroatoms. The molecular formula is C15H13N3O5. The maximum absolute atomic E-state index is 12.5. The fraction of sp³-hybridized carbons (Fsp3) is 0.133. The van der Waals surface area contributed by atoms with Crippen molar-refractivity contribution in [3.05, 3.63) is 73.8 Å². The van der Waals surface area contributed by atoms with E-state index in [-0.39, 0.29) is 22.6 Å². The Morgan fingerprint density at radius 2 is 1.61 bits per heavy atom. The number of nitro benzene ring substituents is 2. The van der Waals surface area contributed by atoms with Gasteiger partial charge in [-0.25, -0.2) is 0 Å². The molecule has 0 aliphatic heterocycles. The molecule has 0 aliphatic rings. The molecule has 0 saturated heterocycles. The van der Waals surface area contributed by atoms with Crippen LogP contribution < -0.4 is 4.90 Å². The van der Waals surface area contributed by atoms with Gasteiger partial charge in [0.2, 0.25) is 0 Å². The van der Waals surface area contributed by atoms with E-state index in [0.717, 1.165) is 4.90 Å². The largest absolute Gasteiger partial charge is 0.305 e. The fourth-order valence-electron chi connectivity index (χ4n) is 2.20. The second kappa shape index (κ2) is 6.22. The van der Waals surface area contributed by atoms with Crippen molar-refractivity contribution in [1.82, 2.24) is 0 Å². The summed E-state index contributed by atoms with van der Waals surface area (Å²) < 4.78 is 0. The van der Waals surface area contributed by atoms with E-state index in [0.29, 0.717) is 5.56 Å². The Balaban J connectivity index is 2.39. The molecule has 0 fully saturated rings. The maximum Gasteiger partial charge on any atom is 0.292 e. The minimum absolute atomic E-state index is 0.0881. The van der Waals surface area contributed by atoms with E-state index in [1.165, 1.54) is 50.4 Å². The Bertz CT molecular complexity index is 803. The van der Waals surface area contributed by atoms with E-state index in [1.54, 1.807) is 6.07 Å². The zero-order valence-electron chi connectivity index (χ0n) is 12.4. The summed E-state index contributed by atoms with van der Waals surface area (Å²) in [7, 11) is 1.42. The number of rotatable bonds is 4. The molecule has 0 unspecified atom stereocenters. The Kier molecular flexibility index (Phi) is 4.35. The van der Waals surface area contributed by atoms with E-state index in [4.69, 9.17) is 0 Å². The normalized spacial score (nSPS) is 10.2. The molecule has 0 radical (unpaired) electrons. The SMILES string of the molecule is Cc1cc(C(=O)N(C)c2ccccc2[N+](=O)[O-])ccc1[N+](=O)[O-]. The van der Waals surface area contributed by atoms with Gasteiger partial charge in [-0.3, -0.25) is 25.0 Å². The van der Waals surface area contributed by atoms with Crippen LogP contribution in [0.3, 0.4) is 0 Å². The second-order valence-electron chi connectivity index (χ2n) is 4.87. The highest BCUT2D eigenvalue weighted by molar-refractivity contribution is 6.07. The smallest absolute Gasteiger partial charge is 0.292 e. The van der Waals surface area contributed by atoms with Crippen LogP contribution in [0.25, 0.3) is 0 Å². The predicted octanol–water partition coefficient (Wildman–Crippen LogP) is 3.09. The zero-order valence-corrected chi connectivity index (χ0v) is 12.4. The molecule has 0 aromatic heterocycles. The Labute approximate surface area is 131 Å². The van der Waals surface area contributed by atoms with E-state index in [9.17, 15) is 25.0 Å². The summed E-state index contributed by atoms with van der Waals surface area (Å²) in [6.45, 7) is 1.53. The van der Waals surface area contributed by atoms with Crippen molar-refractivity contribution >= 4 is 23.0 Å². The van der Waals surface area contributed by atoms with Crippen molar-refractivity contribution in [3.8, 4) is 0 Å². The second-order valence-corrected chi connectivity index (χ2v) is 4.87.